The van der Waals surface area contributed by atoms with E-state index in [4.69, 9.17) is 17.0 Å². The highest BCUT2D eigenvalue weighted by atomic mass is 32.1. The van der Waals surface area contributed by atoms with Crippen LogP contribution in [0.25, 0.3) is 5.69 Å². The number of anilines is 1. The van der Waals surface area contributed by atoms with Crippen molar-refractivity contribution in [1.82, 2.24) is 14.9 Å². The van der Waals surface area contributed by atoms with Crippen molar-refractivity contribution in [3.8, 4) is 17.2 Å². The number of hydrogen-bond acceptors (Lipinski definition) is 4. The Balaban J connectivity index is 1.42. The number of carboxylic acid groups (broad SMARTS) is 1. The number of rotatable bonds is 7. The van der Waals surface area contributed by atoms with Crippen molar-refractivity contribution in [3.05, 3.63) is 138 Å². The van der Waals surface area contributed by atoms with Crippen molar-refractivity contribution in [3.63, 3.8) is 0 Å². The SMILES string of the molecule is Cc1cc([C@H]2[C@H](c3ccccn3)NC(=S)N2c2ccc(Oc3ccccc3)cc2)c(C)n1-c1cccc(C(=O)O)c1. The summed E-state index contributed by atoms with van der Waals surface area (Å²) >= 11 is 5.92. The fourth-order valence-electron chi connectivity index (χ4n) is 5.51. The van der Waals surface area contributed by atoms with Gasteiger partial charge in [-0.1, -0.05) is 30.3 Å². The molecule has 0 radical (unpaired) electrons. The molecule has 0 spiro atoms. The maximum atomic E-state index is 11.7. The molecule has 0 aliphatic carbocycles. The molecular formula is C33H28N4O3S. The van der Waals surface area contributed by atoms with Crippen LogP contribution in [0, 0.1) is 13.8 Å². The molecule has 1 saturated heterocycles. The number of hydrogen-bond donors (Lipinski definition) is 2. The lowest BCUT2D eigenvalue weighted by Crippen LogP contribution is -2.29. The average molecular weight is 561 g/mol. The highest BCUT2D eigenvalue weighted by Crippen LogP contribution is 2.44. The van der Waals surface area contributed by atoms with Gasteiger partial charge >= 0.3 is 5.97 Å². The van der Waals surface area contributed by atoms with Crippen LogP contribution in [0.4, 0.5) is 5.69 Å². The van der Waals surface area contributed by atoms with E-state index in [0.717, 1.165) is 45.5 Å². The number of thiocarbonyl (C=S) groups is 1. The molecule has 7 nitrogen and oxygen atoms in total. The topological polar surface area (TPSA) is 79.6 Å². The molecule has 3 heterocycles. The van der Waals surface area contributed by atoms with Gasteiger partial charge in [0.2, 0.25) is 0 Å². The zero-order valence-corrected chi connectivity index (χ0v) is 23.4. The lowest BCUT2D eigenvalue weighted by Gasteiger charge is -2.28. The molecule has 1 aliphatic heterocycles. The average Bonchev–Trinajstić information content (AvgIpc) is 3.49. The van der Waals surface area contributed by atoms with Crippen molar-refractivity contribution in [2.75, 3.05) is 4.90 Å². The summed E-state index contributed by atoms with van der Waals surface area (Å²) in [6.45, 7) is 4.09. The van der Waals surface area contributed by atoms with Crippen LogP contribution < -0.4 is 15.0 Å². The summed E-state index contributed by atoms with van der Waals surface area (Å²) in [5.74, 6) is 0.541. The number of nitrogens with zero attached hydrogens (tertiary/aromatic N) is 3. The molecule has 2 N–H and O–H groups in total. The first-order valence-electron chi connectivity index (χ1n) is 13.3. The second-order valence-corrected chi connectivity index (χ2v) is 10.3. The molecule has 41 heavy (non-hydrogen) atoms. The van der Waals surface area contributed by atoms with E-state index in [1.165, 1.54) is 0 Å². The maximum Gasteiger partial charge on any atom is 0.335 e. The molecule has 2 aromatic heterocycles. The second kappa shape index (κ2) is 10.9. The first kappa shape index (κ1) is 26.3. The van der Waals surface area contributed by atoms with Gasteiger partial charge in [0, 0.05) is 29.0 Å². The van der Waals surface area contributed by atoms with Gasteiger partial charge in [0.25, 0.3) is 0 Å². The van der Waals surface area contributed by atoms with E-state index in [9.17, 15) is 9.90 Å². The van der Waals surface area contributed by atoms with E-state index in [-0.39, 0.29) is 17.6 Å². The summed E-state index contributed by atoms with van der Waals surface area (Å²) in [5.41, 5.74) is 5.89. The van der Waals surface area contributed by atoms with Crippen LogP contribution in [0.5, 0.6) is 11.5 Å². The largest absolute Gasteiger partial charge is 0.478 e. The van der Waals surface area contributed by atoms with E-state index in [1.54, 1.807) is 24.4 Å². The molecular weight excluding hydrogens is 532 g/mol. The minimum atomic E-state index is -0.957. The number of pyridine rings is 1. The van der Waals surface area contributed by atoms with Crippen LogP contribution in [0.15, 0.2) is 109 Å². The number of aryl methyl sites for hydroxylation is 1. The summed E-state index contributed by atoms with van der Waals surface area (Å²) in [6.07, 6.45) is 1.79. The summed E-state index contributed by atoms with van der Waals surface area (Å²) in [6, 6.07) is 32.2. The quantitative estimate of drug-likeness (QED) is 0.205. The fraction of sp³-hybridized carbons (Fsp3) is 0.121. The lowest BCUT2D eigenvalue weighted by molar-refractivity contribution is 0.0697. The van der Waals surface area contributed by atoms with Crippen molar-refractivity contribution in [1.29, 1.82) is 0 Å². The zero-order valence-electron chi connectivity index (χ0n) is 22.6. The maximum absolute atomic E-state index is 11.7. The third kappa shape index (κ3) is 5.05. The Morgan fingerprint density at radius 1 is 0.878 bits per heavy atom. The van der Waals surface area contributed by atoms with Crippen LogP contribution in [0.3, 0.4) is 0 Å². The third-order valence-corrected chi connectivity index (χ3v) is 7.65. The van der Waals surface area contributed by atoms with Crippen molar-refractivity contribution in [2.24, 2.45) is 0 Å². The Bertz CT molecular complexity index is 1720. The van der Waals surface area contributed by atoms with Gasteiger partial charge in [-0.3, -0.25) is 4.98 Å². The van der Waals surface area contributed by atoms with Crippen LogP contribution in [-0.2, 0) is 0 Å². The number of ether oxygens (including phenoxy) is 1. The van der Waals surface area contributed by atoms with Crippen molar-refractivity contribution >= 4 is 29.0 Å². The van der Waals surface area contributed by atoms with Gasteiger partial charge in [-0.15, -0.1) is 0 Å². The normalized spacial score (nSPS) is 16.4. The number of aromatic carboxylic acids is 1. The van der Waals surface area contributed by atoms with E-state index < -0.39 is 5.97 Å². The van der Waals surface area contributed by atoms with Crippen molar-refractivity contribution < 1.29 is 14.6 Å². The standard InChI is InChI=1S/C33H28N4O3S/c1-21-19-28(22(2)36(21)25-10-8-9-23(20-25)32(38)39)31-30(29-13-6-7-18-34-29)35-33(41)37(31)24-14-16-27(17-15-24)40-26-11-4-3-5-12-26/h3-20,30-31H,1-2H3,(H,35,41)(H,38,39)/t30-,31-/m0/s1. The van der Waals surface area contributed by atoms with Crippen molar-refractivity contribution in [2.45, 2.75) is 25.9 Å². The Morgan fingerprint density at radius 3 is 2.32 bits per heavy atom. The fourth-order valence-corrected chi connectivity index (χ4v) is 5.86. The molecule has 6 rings (SSSR count). The molecule has 1 aliphatic rings. The highest BCUT2D eigenvalue weighted by molar-refractivity contribution is 7.80. The molecule has 0 saturated carbocycles. The van der Waals surface area contributed by atoms with Gasteiger partial charge in [-0.05, 0) is 104 Å². The van der Waals surface area contributed by atoms with Gasteiger partial charge < -0.3 is 24.6 Å². The van der Waals surface area contributed by atoms with E-state index >= 15 is 0 Å². The third-order valence-electron chi connectivity index (χ3n) is 7.33. The Morgan fingerprint density at radius 2 is 1.61 bits per heavy atom. The number of para-hydroxylation sites is 1. The first-order chi connectivity index (χ1) is 19.9. The van der Waals surface area contributed by atoms with Gasteiger partial charge in [0.1, 0.15) is 11.5 Å². The van der Waals surface area contributed by atoms with Gasteiger partial charge in [-0.25, -0.2) is 4.79 Å². The van der Waals surface area contributed by atoms with Crippen LogP contribution >= 0.6 is 12.2 Å². The lowest BCUT2D eigenvalue weighted by atomic mass is 9.96. The number of nitrogens with one attached hydrogen (secondary N) is 1. The van der Waals surface area contributed by atoms with Crippen LogP contribution in [0.1, 0.15) is 45.1 Å². The number of carboxylic acids is 1. The summed E-state index contributed by atoms with van der Waals surface area (Å²) in [4.78, 5) is 18.5. The number of carbonyl (C=O) groups is 1. The predicted octanol–water partition coefficient (Wildman–Crippen LogP) is 7.16. The first-order valence-corrected chi connectivity index (χ1v) is 13.7. The highest BCUT2D eigenvalue weighted by Gasteiger charge is 2.42. The zero-order chi connectivity index (χ0) is 28.5. The van der Waals surface area contributed by atoms with Gasteiger partial charge in [-0.2, -0.15) is 0 Å². The molecule has 0 bridgehead atoms. The second-order valence-electron chi connectivity index (χ2n) is 9.92. The molecule has 1 fully saturated rings. The minimum absolute atomic E-state index is 0.205. The van der Waals surface area contributed by atoms with E-state index in [0.29, 0.717) is 5.11 Å². The molecule has 204 valence electrons. The molecule has 2 atom stereocenters. The Hall–Kier alpha value is -4.95. The van der Waals surface area contributed by atoms with Gasteiger partial charge in [0.15, 0.2) is 5.11 Å². The molecule has 3 aromatic carbocycles. The summed E-state index contributed by atoms with van der Waals surface area (Å²) in [7, 11) is 0. The molecule has 5 aromatic rings. The van der Waals surface area contributed by atoms with E-state index in [2.05, 4.69) is 32.8 Å². The van der Waals surface area contributed by atoms with E-state index in [1.807, 2.05) is 85.8 Å². The molecule has 0 unspecified atom stereocenters. The molecule has 0 amide bonds. The Labute approximate surface area is 243 Å². The van der Waals surface area contributed by atoms with Crippen LogP contribution in [-0.4, -0.2) is 25.7 Å². The number of aromatic nitrogens is 2. The molecule has 8 heteroatoms. The Kier molecular flexibility index (Phi) is 6.99. The summed E-state index contributed by atoms with van der Waals surface area (Å²) < 4.78 is 8.11. The monoisotopic (exact) mass is 560 g/mol. The van der Waals surface area contributed by atoms with Gasteiger partial charge in [0.05, 0.1) is 23.3 Å². The summed E-state index contributed by atoms with van der Waals surface area (Å²) in [5, 5.41) is 13.7. The minimum Gasteiger partial charge on any atom is -0.478 e. The smallest absolute Gasteiger partial charge is 0.335 e. The van der Waals surface area contributed by atoms with Crippen LogP contribution in [0.2, 0.25) is 0 Å². The predicted molar refractivity (Wildman–Crippen MR) is 163 cm³/mol. The number of benzene rings is 3.